The Morgan fingerprint density at radius 3 is 1.55 bits per heavy atom. The summed E-state index contributed by atoms with van der Waals surface area (Å²) in [4.78, 5) is 35.9. The van der Waals surface area contributed by atoms with Gasteiger partial charge >= 0.3 is 18.3 Å². The fraction of sp³-hybridized carbons (Fsp3) is 0.409. The summed E-state index contributed by atoms with van der Waals surface area (Å²) in [7, 11) is 0. The van der Waals surface area contributed by atoms with Crippen LogP contribution in [0.2, 0.25) is 0 Å². The predicted octanol–water partition coefficient (Wildman–Crippen LogP) is 4.37. The Hall–Kier alpha value is -3.49. The molecule has 31 heavy (non-hydrogen) atoms. The SMILES string of the molecule is CCOC(=O)Cc1ccc2c(OC(=O)OCC)c(OCC)c(OC(=O)OCC)c-2cc1. The van der Waals surface area contributed by atoms with Crippen LogP contribution in [0.5, 0.6) is 17.2 Å². The molecule has 2 aliphatic rings. The van der Waals surface area contributed by atoms with Gasteiger partial charge in [0.2, 0.25) is 5.75 Å². The summed E-state index contributed by atoms with van der Waals surface area (Å²) in [5.41, 5.74) is 1.49. The zero-order valence-electron chi connectivity index (χ0n) is 18.0. The largest absolute Gasteiger partial charge is 0.513 e. The quantitative estimate of drug-likeness (QED) is 0.420. The number of ether oxygens (including phenoxy) is 6. The van der Waals surface area contributed by atoms with Gasteiger partial charge in [0.1, 0.15) is 0 Å². The average Bonchev–Trinajstić information content (AvgIpc) is 2.85. The van der Waals surface area contributed by atoms with Gasteiger partial charge in [0, 0.05) is 11.1 Å². The van der Waals surface area contributed by atoms with E-state index >= 15 is 0 Å². The fourth-order valence-electron chi connectivity index (χ4n) is 2.80. The van der Waals surface area contributed by atoms with Crippen LogP contribution >= 0.6 is 0 Å². The number of rotatable bonds is 9. The van der Waals surface area contributed by atoms with Gasteiger partial charge in [-0.2, -0.15) is 0 Å². The van der Waals surface area contributed by atoms with Gasteiger partial charge in [-0.1, -0.05) is 24.3 Å². The van der Waals surface area contributed by atoms with E-state index in [2.05, 4.69) is 0 Å². The van der Waals surface area contributed by atoms with E-state index in [1.807, 2.05) is 0 Å². The molecular formula is C22H26O9. The molecule has 0 saturated carbocycles. The van der Waals surface area contributed by atoms with Crippen LogP contribution in [0.25, 0.3) is 11.1 Å². The monoisotopic (exact) mass is 434 g/mol. The molecule has 9 heteroatoms. The predicted molar refractivity (Wildman–Crippen MR) is 110 cm³/mol. The van der Waals surface area contributed by atoms with Gasteiger partial charge < -0.3 is 28.4 Å². The first kappa shape index (κ1) is 23.8. The first-order valence-electron chi connectivity index (χ1n) is 10.0. The van der Waals surface area contributed by atoms with Crippen molar-refractivity contribution in [2.24, 2.45) is 0 Å². The standard InChI is InChI=1S/C22H26O9/c1-5-26-17(23)13-14-9-11-15-16(12-10-14)19(31-22(25)29-8-4)20(27-6-2)18(15)30-21(24)28-7-3/h9-12H,5-8,13H2,1-4H3. The lowest BCUT2D eigenvalue weighted by atomic mass is 10.2. The van der Waals surface area contributed by atoms with Crippen molar-refractivity contribution in [3.8, 4) is 28.4 Å². The normalized spacial score (nSPS) is 10.3. The van der Waals surface area contributed by atoms with Crippen LogP contribution in [0.1, 0.15) is 33.3 Å². The van der Waals surface area contributed by atoms with Gasteiger partial charge in [-0.25, -0.2) is 9.59 Å². The number of carbonyl (C=O) groups excluding carboxylic acids is 3. The summed E-state index contributed by atoms with van der Waals surface area (Å²) >= 11 is 0. The molecule has 0 aromatic carbocycles. The fourth-order valence-corrected chi connectivity index (χ4v) is 2.80. The minimum Gasteiger partial charge on any atom is -0.487 e. The Morgan fingerprint density at radius 2 is 1.13 bits per heavy atom. The highest BCUT2D eigenvalue weighted by Gasteiger charge is 2.31. The van der Waals surface area contributed by atoms with Crippen LogP contribution in [0.3, 0.4) is 0 Å². The Morgan fingerprint density at radius 1 is 0.645 bits per heavy atom. The summed E-state index contributed by atoms with van der Waals surface area (Å²) < 4.78 is 31.1. The highest BCUT2D eigenvalue weighted by Crippen LogP contribution is 2.53. The van der Waals surface area contributed by atoms with Crippen LogP contribution in [-0.2, 0) is 25.4 Å². The molecule has 0 aromatic rings. The van der Waals surface area contributed by atoms with Crippen molar-refractivity contribution in [1.29, 1.82) is 0 Å². The number of esters is 1. The zero-order valence-corrected chi connectivity index (χ0v) is 18.0. The molecule has 0 aliphatic heterocycles. The smallest absolute Gasteiger partial charge is 0.487 e. The third kappa shape index (κ3) is 6.24. The minimum atomic E-state index is -0.934. The Bertz CT molecular complexity index is 833. The molecule has 168 valence electrons. The molecule has 0 radical (unpaired) electrons. The molecule has 0 bridgehead atoms. The molecule has 0 saturated heterocycles. The second kappa shape index (κ2) is 11.6. The van der Waals surface area contributed by atoms with Gasteiger partial charge in [0.15, 0.2) is 11.5 Å². The maximum absolute atomic E-state index is 12.0. The average molecular weight is 434 g/mol. The summed E-state index contributed by atoms with van der Waals surface area (Å²) in [6, 6.07) is 6.64. The van der Waals surface area contributed by atoms with Crippen molar-refractivity contribution in [2.75, 3.05) is 26.4 Å². The molecule has 0 heterocycles. The molecule has 0 spiro atoms. The van der Waals surface area contributed by atoms with Gasteiger partial charge in [0.05, 0.1) is 32.8 Å². The molecule has 0 amide bonds. The zero-order chi connectivity index (χ0) is 22.8. The lowest BCUT2D eigenvalue weighted by Gasteiger charge is -2.09. The van der Waals surface area contributed by atoms with Gasteiger partial charge in [0.25, 0.3) is 0 Å². The van der Waals surface area contributed by atoms with Crippen LogP contribution in [0.15, 0.2) is 24.3 Å². The molecule has 2 rings (SSSR count). The number of carbonyl (C=O) groups is 3. The third-order valence-electron chi connectivity index (χ3n) is 3.96. The van der Waals surface area contributed by atoms with E-state index in [1.54, 1.807) is 52.0 Å². The molecule has 0 atom stereocenters. The molecule has 0 unspecified atom stereocenters. The van der Waals surface area contributed by atoms with Gasteiger partial charge in [-0.3, -0.25) is 4.79 Å². The van der Waals surface area contributed by atoms with Gasteiger partial charge in [-0.15, -0.1) is 0 Å². The number of fused-ring (bicyclic) bond motifs is 1. The minimum absolute atomic E-state index is 0.0351. The first-order valence-corrected chi connectivity index (χ1v) is 10.0. The highest BCUT2D eigenvalue weighted by molar-refractivity contribution is 5.91. The highest BCUT2D eigenvalue weighted by atomic mass is 16.7. The van der Waals surface area contributed by atoms with Crippen molar-refractivity contribution < 1.29 is 42.8 Å². The Labute approximate surface area is 180 Å². The van der Waals surface area contributed by atoms with Crippen LogP contribution in [0, 0.1) is 0 Å². The van der Waals surface area contributed by atoms with Crippen LogP contribution in [0.4, 0.5) is 9.59 Å². The second-order valence-electron chi connectivity index (χ2n) is 6.04. The molecule has 0 N–H and O–H groups in total. The molecular weight excluding hydrogens is 408 g/mol. The van der Waals surface area contributed by atoms with E-state index < -0.39 is 12.3 Å². The number of hydrogen-bond acceptors (Lipinski definition) is 9. The maximum Gasteiger partial charge on any atom is 0.513 e. The topological polar surface area (TPSA) is 107 Å². The van der Waals surface area contributed by atoms with Crippen molar-refractivity contribution in [3.05, 3.63) is 29.8 Å². The van der Waals surface area contributed by atoms with E-state index in [4.69, 9.17) is 28.4 Å². The molecule has 9 nitrogen and oxygen atoms in total. The van der Waals surface area contributed by atoms with Crippen molar-refractivity contribution in [3.63, 3.8) is 0 Å². The summed E-state index contributed by atoms with van der Waals surface area (Å²) in [5.74, 6) is -0.244. The van der Waals surface area contributed by atoms with Crippen LogP contribution in [-0.4, -0.2) is 44.7 Å². The number of hydrogen-bond donors (Lipinski definition) is 0. The third-order valence-corrected chi connectivity index (χ3v) is 3.96. The van der Waals surface area contributed by atoms with E-state index in [9.17, 15) is 14.4 Å². The summed E-state index contributed by atoms with van der Waals surface area (Å²) in [5, 5.41) is 0. The van der Waals surface area contributed by atoms with E-state index in [0.717, 1.165) is 0 Å². The van der Waals surface area contributed by atoms with E-state index in [-0.39, 0.29) is 56.1 Å². The molecule has 0 aromatic heterocycles. The Kier molecular flexibility index (Phi) is 8.93. The lowest BCUT2D eigenvalue weighted by Crippen LogP contribution is -2.12. The molecule has 0 fully saturated rings. The maximum atomic E-state index is 12.0. The van der Waals surface area contributed by atoms with Crippen LogP contribution < -0.4 is 14.2 Å². The summed E-state index contributed by atoms with van der Waals surface area (Å²) in [6.45, 7) is 7.47. The van der Waals surface area contributed by atoms with Crippen molar-refractivity contribution >= 4 is 18.3 Å². The van der Waals surface area contributed by atoms with Gasteiger partial charge in [-0.05, 0) is 33.3 Å². The van der Waals surface area contributed by atoms with E-state index in [0.29, 0.717) is 16.7 Å². The Balaban J connectivity index is 2.59. The molecule has 2 aliphatic carbocycles. The second-order valence-corrected chi connectivity index (χ2v) is 6.04. The van der Waals surface area contributed by atoms with E-state index in [1.165, 1.54) is 0 Å². The lowest BCUT2D eigenvalue weighted by molar-refractivity contribution is -0.142. The first-order chi connectivity index (χ1) is 14.9. The van der Waals surface area contributed by atoms with Crippen molar-refractivity contribution in [1.82, 2.24) is 0 Å². The summed E-state index contributed by atoms with van der Waals surface area (Å²) in [6.07, 6.45) is -1.82. The van der Waals surface area contributed by atoms with Crippen molar-refractivity contribution in [2.45, 2.75) is 34.1 Å².